The molecule has 0 spiro atoms. The summed E-state index contributed by atoms with van der Waals surface area (Å²) in [5, 5.41) is 4.92. The number of carbonyl (C=O) groups is 1. The zero-order valence-corrected chi connectivity index (χ0v) is 15.3. The van der Waals surface area contributed by atoms with E-state index in [1.165, 1.54) is 52.4 Å². The highest BCUT2D eigenvalue weighted by Crippen LogP contribution is 2.42. The van der Waals surface area contributed by atoms with Gasteiger partial charge in [-0.15, -0.1) is 24.5 Å². The molecule has 1 unspecified atom stereocenters. The highest BCUT2D eigenvalue weighted by atomic mass is 32.1. The van der Waals surface area contributed by atoms with Gasteiger partial charge in [0, 0.05) is 28.5 Å². The van der Waals surface area contributed by atoms with E-state index in [1.807, 2.05) is 0 Å². The van der Waals surface area contributed by atoms with Gasteiger partial charge in [-0.3, -0.25) is 4.79 Å². The monoisotopic (exact) mass is 397 g/mol. The number of thiophene rings is 1. The average molecular weight is 397 g/mol. The number of carbonyl (C=O) groups excluding carboxylic acids is 1. The van der Waals surface area contributed by atoms with Crippen molar-refractivity contribution in [1.29, 1.82) is 0 Å². The summed E-state index contributed by atoms with van der Waals surface area (Å²) in [5.74, 6) is 0.222. The summed E-state index contributed by atoms with van der Waals surface area (Å²) in [4.78, 5) is 15.2. The van der Waals surface area contributed by atoms with E-state index in [0.29, 0.717) is 24.2 Å². The molecule has 1 fully saturated rings. The molecule has 4 rings (SSSR count). The Morgan fingerprint density at radius 2 is 1.96 bits per heavy atom. The highest BCUT2D eigenvalue weighted by molar-refractivity contribution is 7.10. The summed E-state index contributed by atoms with van der Waals surface area (Å²) in [5.41, 5.74) is 1.86. The molecule has 2 aromatic rings. The third kappa shape index (κ3) is 4.44. The maximum Gasteiger partial charge on any atom is 0.573 e. The standard InChI is InChI=1S/C19H19F3N2O2S/c20-19(21,22)26-14-5-3-13(4-6-14)23-17(25)11-24-9-7-16-15(8-10-27-16)18(24)12-1-2-12/h3-6,8,10,12,18H,1-2,7,9,11H2,(H,23,25)/p+1/t18-/m1/s1. The van der Waals surface area contributed by atoms with Crippen LogP contribution in [0.1, 0.15) is 29.3 Å². The largest absolute Gasteiger partial charge is 0.573 e. The highest BCUT2D eigenvalue weighted by Gasteiger charge is 2.43. The molecule has 1 amide bonds. The van der Waals surface area contributed by atoms with Crippen LogP contribution in [-0.2, 0) is 11.2 Å². The SMILES string of the molecule is O=C(C[NH+]1CCc2sccc2[C@H]1C1CC1)Nc1ccc(OC(F)(F)F)cc1. The van der Waals surface area contributed by atoms with E-state index in [-0.39, 0.29) is 11.7 Å². The minimum absolute atomic E-state index is 0.126. The Bertz CT molecular complexity index is 815. The summed E-state index contributed by atoms with van der Waals surface area (Å²) in [6.45, 7) is 1.29. The van der Waals surface area contributed by atoms with E-state index in [4.69, 9.17) is 0 Å². The van der Waals surface area contributed by atoms with E-state index in [9.17, 15) is 18.0 Å². The molecule has 4 nitrogen and oxygen atoms in total. The van der Waals surface area contributed by atoms with E-state index in [2.05, 4.69) is 21.5 Å². The van der Waals surface area contributed by atoms with E-state index < -0.39 is 6.36 Å². The zero-order valence-electron chi connectivity index (χ0n) is 14.5. The number of alkyl halides is 3. The first-order valence-electron chi connectivity index (χ1n) is 8.95. The molecule has 2 heterocycles. The normalized spacial score (nSPS) is 22.2. The first kappa shape index (κ1) is 18.3. The van der Waals surface area contributed by atoms with Crippen LogP contribution in [0.25, 0.3) is 0 Å². The van der Waals surface area contributed by atoms with Crippen LogP contribution in [0.4, 0.5) is 18.9 Å². The van der Waals surface area contributed by atoms with Gasteiger partial charge in [0.1, 0.15) is 11.8 Å². The Hall–Kier alpha value is -2.06. The number of anilines is 1. The van der Waals surface area contributed by atoms with Crippen molar-refractivity contribution in [2.24, 2.45) is 5.92 Å². The van der Waals surface area contributed by atoms with Gasteiger partial charge in [-0.25, -0.2) is 0 Å². The summed E-state index contributed by atoms with van der Waals surface area (Å²) >= 11 is 1.80. The van der Waals surface area contributed by atoms with Gasteiger partial charge in [0.2, 0.25) is 0 Å². The number of fused-ring (bicyclic) bond motifs is 1. The van der Waals surface area contributed by atoms with E-state index >= 15 is 0 Å². The lowest BCUT2D eigenvalue weighted by atomic mass is 9.96. The number of quaternary nitrogens is 1. The molecule has 1 saturated carbocycles. The van der Waals surface area contributed by atoms with Gasteiger partial charge >= 0.3 is 6.36 Å². The summed E-state index contributed by atoms with van der Waals surface area (Å²) < 4.78 is 40.5. The molecule has 2 aliphatic rings. The molecule has 27 heavy (non-hydrogen) atoms. The third-order valence-corrected chi connectivity index (χ3v) is 6.08. The molecule has 0 radical (unpaired) electrons. The number of benzene rings is 1. The Morgan fingerprint density at radius 3 is 2.63 bits per heavy atom. The topological polar surface area (TPSA) is 42.8 Å². The Labute approximate surface area is 158 Å². The van der Waals surface area contributed by atoms with Gasteiger partial charge in [-0.2, -0.15) is 0 Å². The van der Waals surface area contributed by atoms with Crippen LogP contribution in [0.15, 0.2) is 35.7 Å². The van der Waals surface area contributed by atoms with E-state index in [1.54, 1.807) is 11.3 Å². The average Bonchev–Trinajstić information content (AvgIpc) is 3.31. The fourth-order valence-corrected chi connectivity index (χ4v) is 4.78. The van der Waals surface area contributed by atoms with Gasteiger partial charge in [-0.1, -0.05) is 0 Å². The Morgan fingerprint density at radius 1 is 1.22 bits per heavy atom. The van der Waals surface area contributed by atoms with Crippen LogP contribution in [-0.4, -0.2) is 25.4 Å². The van der Waals surface area contributed by atoms with Crippen molar-refractivity contribution in [1.82, 2.24) is 0 Å². The summed E-state index contributed by atoms with van der Waals surface area (Å²) in [6.07, 6.45) is -1.31. The number of hydrogen-bond donors (Lipinski definition) is 2. The smallest absolute Gasteiger partial charge is 0.406 e. The van der Waals surface area contributed by atoms with Crippen molar-refractivity contribution < 1.29 is 27.6 Å². The van der Waals surface area contributed by atoms with Gasteiger partial charge in [0.25, 0.3) is 5.91 Å². The van der Waals surface area contributed by atoms with Crippen LogP contribution < -0.4 is 15.0 Å². The molecule has 2 N–H and O–H groups in total. The molecule has 0 saturated heterocycles. The maximum absolute atomic E-state index is 12.5. The van der Waals surface area contributed by atoms with Gasteiger partial charge in [0.05, 0.1) is 6.54 Å². The van der Waals surface area contributed by atoms with E-state index in [0.717, 1.165) is 13.0 Å². The number of rotatable bonds is 5. The molecular formula is C19H20F3N2O2S+. The quantitative estimate of drug-likeness (QED) is 0.814. The lowest BCUT2D eigenvalue weighted by Gasteiger charge is -2.32. The Balaban J connectivity index is 1.38. The molecule has 0 bridgehead atoms. The molecule has 1 aliphatic heterocycles. The second kappa shape index (κ2) is 7.16. The molecule has 8 heteroatoms. The zero-order chi connectivity index (χ0) is 19.0. The van der Waals surface area contributed by atoms with Crippen molar-refractivity contribution in [3.8, 4) is 5.75 Å². The number of ether oxygens (including phenoxy) is 1. The van der Waals surface area contributed by atoms with Crippen molar-refractivity contribution in [2.75, 3.05) is 18.4 Å². The first-order valence-corrected chi connectivity index (χ1v) is 9.83. The minimum atomic E-state index is -4.72. The predicted molar refractivity (Wildman–Crippen MR) is 95.9 cm³/mol. The molecule has 1 aromatic heterocycles. The lowest BCUT2D eigenvalue weighted by molar-refractivity contribution is -0.928. The number of halogens is 3. The number of hydrogen-bond acceptors (Lipinski definition) is 3. The first-order chi connectivity index (χ1) is 12.9. The van der Waals surface area contributed by atoms with Crippen LogP contribution in [0, 0.1) is 5.92 Å². The van der Waals surface area contributed by atoms with Crippen LogP contribution in [0.2, 0.25) is 0 Å². The molecule has 1 aromatic carbocycles. The van der Waals surface area contributed by atoms with Gasteiger partial charge in [-0.05, 0) is 48.6 Å². The second-order valence-corrected chi connectivity index (χ2v) is 8.07. The Kier molecular flexibility index (Phi) is 4.86. The van der Waals surface area contributed by atoms with Gasteiger partial charge in [0.15, 0.2) is 6.54 Å². The van der Waals surface area contributed by atoms with Crippen LogP contribution in [0.3, 0.4) is 0 Å². The number of nitrogens with one attached hydrogen (secondary N) is 2. The van der Waals surface area contributed by atoms with Crippen molar-refractivity contribution >= 4 is 22.9 Å². The molecule has 1 aliphatic carbocycles. The molecular weight excluding hydrogens is 377 g/mol. The maximum atomic E-state index is 12.5. The van der Waals surface area contributed by atoms with Crippen LogP contribution in [0.5, 0.6) is 5.75 Å². The van der Waals surface area contributed by atoms with Gasteiger partial charge < -0.3 is 15.0 Å². The summed E-state index contributed by atoms with van der Waals surface area (Å²) in [7, 11) is 0. The number of amides is 1. The fourth-order valence-electron chi connectivity index (χ4n) is 3.85. The molecule has 144 valence electrons. The van der Waals surface area contributed by atoms with Crippen molar-refractivity contribution in [3.05, 3.63) is 46.2 Å². The second-order valence-electron chi connectivity index (χ2n) is 7.07. The van der Waals surface area contributed by atoms with Crippen LogP contribution >= 0.6 is 11.3 Å². The van der Waals surface area contributed by atoms with Crippen molar-refractivity contribution in [2.45, 2.75) is 31.7 Å². The third-order valence-electron chi connectivity index (χ3n) is 5.08. The fraction of sp³-hybridized carbons (Fsp3) is 0.421. The summed E-state index contributed by atoms with van der Waals surface area (Å²) in [6, 6.07) is 7.80. The predicted octanol–water partition coefficient (Wildman–Crippen LogP) is 3.18. The lowest BCUT2D eigenvalue weighted by Crippen LogP contribution is -3.14. The molecule has 2 atom stereocenters. The minimum Gasteiger partial charge on any atom is -0.406 e. The van der Waals surface area contributed by atoms with Crippen molar-refractivity contribution in [3.63, 3.8) is 0 Å².